The van der Waals surface area contributed by atoms with Crippen LogP contribution in [-0.4, -0.2) is 43.5 Å². The van der Waals surface area contributed by atoms with E-state index in [1.165, 1.54) is 23.0 Å². The van der Waals surface area contributed by atoms with Crippen LogP contribution in [0, 0.1) is 12.3 Å². The number of aromatic nitrogens is 4. The van der Waals surface area contributed by atoms with Gasteiger partial charge in [-0.3, -0.25) is 14.4 Å². The summed E-state index contributed by atoms with van der Waals surface area (Å²) in [5, 5.41) is 22.4. The highest BCUT2D eigenvalue weighted by atomic mass is 16.4. The summed E-state index contributed by atoms with van der Waals surface area (Å²) in [5.74, 6) is -0.957. The SMILES string of the molecule is CCC(CC)(CNC(=O)c1cnn(-c2ccc(=O)[nH]n2)c1C)C(=O)O. The van der Waals surface area contributed by atoms with Gasteiger partial charge in [-0.1, -0.05) is 13.8 Å². The number of carbonyl (C=O) groups is 2. The second kappa shape index (κ2) is 7.29. The van der Waals surface area contributed by atoms with Gasteiger partial charge < -0.3 is 10.4 Å². The molecule has 2 aromatic rings. The fraction of sp³-hybridized carbons (Fsp3) is 0.438. The van der Waals surface area contributed by atoms with Crippen molar-refractivity contribution in [1.29, 1.82) is 0 Å². The van der Waals surface area contributed by atoms with Crippen molar-refractivity contribution in [3.63, 3.8) is 0 Å². The molecule has 0 aliphatic heterocycles. The summed E-state index contributed by atoms with van der Waals surface area (Å²) in [4.78, 5) is 35.0. The number of aromatic amines is 1. The third-order valence-corrected chi connectivity index (χ3v) is 4.53. The van der Waals surface area contributed by atoms with E-state index in [2.05, 4.69) is 20.6 Å². The first-order chi connectivity index (χ1) is 11.8. The average Bonchev–Trinajstić information content (AvgIpc) is 2.98. The van der Waals surface area contributed by atoms with Crippen molar-refractivity contribution < 1.29 is 14.7 Å². The number of rotatable bonds is 7. The lowest BCUT2D eigenvalue weighted by atomic mass is 9.82. The molecule has 134 valence electrons. The maximum Gasteiger partial charge on any atom is 0.311 e. The Bertz CT molecular complexity index is 815. The lowest BCUT2D eigenvalue weighted by Gasteiger charge is -2.26. The fourth-order valence-corrected chi connectivity index (χ4v) is 2.54. The molecular weight excluding hydrogens is 326 g/mol. The molecular formula is C16H21N5O4. The van der Waals surface area contributed by atoms with E-state index in [-0.39, 0.29) is 12.1 Å². The van der Waals surface area contributed by atoms with Gasteiger partial charge in [0.2, 0.25) is 0 Å². The van der Waals surface area contributed by atoms with Crippen molar-refractivity contribution in [3.05, 3.63) is 39.9 Å². The highest BCUT2D eigenvalue weighted by Crippen LogP contribution is 2.26. The van der Waals surface area contributed by atoms with Gasteiger partial charge in [-0.25, -0.2) is 9.78 Å². The van der Waals surface area contributed by atoms with Crippen LogP contribution in [0.1, 0.15) is 42.7 Å². The van der Waals surface area contributed by atoms with Crippen molar-refractivity contribution >= 4 is 11.9 Å². The van der Waals surface area contributed by atoms with Gasteiger partial charge in [-0.05, 0) is 25.8 Å². The van der Waals surface area contributed by atoms with E-state index < -0.39 is 17.3 Å². The number of carboxylic acids is 1. The fourth-order valence-electron chi connectivity index (χ4n) is 2.54. The van der Waals surface area contributed by atoms with Gasteiger partial charge in [-0.2, -0.15) is 10.2 Å². The number of H-pyrrole nitrogens is 1. The van der Waals surface area contributed by atoms with Gasteiger partial charge >= 0.3 is 5.97 Å². The van der Waals surface area contributed by atoms with Crippen molar-refractivity contribution in [1.82, 2.24) is 25.3 Å². The monoisotopic (exact) mass is 347 g/mol. The summed E-state index contributed by atoms with van der Waals surface area (Å²) in [7, 11) is 0. The molecule has 0 aromatic carbocycles. The summed E-state index contributed by atoms with van der Waals surface area (Å²) < 4.78 is 1.43. The molecule has 2 aromatic heterocycles. The van der Waals surface area contributed by atoms with E-state index in [0.29, 0.717) is 29.9 Å². The number of carboxylic acid groups (broad SMARTS) is 1. The van der Waals surface area contributed by atoms with E-state index >= 15 is 0 Å². The van der Waals surface area contributed by atoms with Crippen LogP contribution in [0.5, 0.6) is 0 Å². The zero-order valence-corrected chi connectivity index (χ0v) is 14.4. The number of hydrogen-bond acceptors (Lipinski definition) is 5. The molecule has 0 spiro atoms. The lowest BCUT2D eigenvalue weighted by Crippen LogP contribution is -2.42. The molecule has 25 heavy (non-hydrogen) atoms. The van der Waals surface area contributed by atoms with Gasteiger partial charge in [-0.15, -0.1) is 0 Å². The number of nitrogens with one attached hydrogen (secondary N) is 2. The molecule has 0 fully saturated rings. The number of nitrogens with zero attached hydrogens (tertiary/aromatic N) is 3. The molecule has 0 saturated carbocycles. The van der Waals surface area contributed by atoms with Crippen molar-refractivity contribution in [2.75, 3.05) is 6.54 Å². The number of hydrogen-bond donors (Lipinski definition) is 3. The second-order valence-corrected chi connectivity index (χ2v) is 5.81. The summed E-state index contributed by atoms with van der Waals surface area (Å²) in [6.45, 7) is 5.30. The largest absolute Gasteiger partial charge is 0.481 e. The normalized spacial score (nSPS) is 11.3. The molecule has 2 heterocycles. The third kappa shape index (κ3) is 3.59. The maximum absolute atomic E-state index is 12.4. The first-order valence-electron chi connectivity index (χ1n) is 7.97. The van der Waals surface area contributed by atoms with E-state index in [1.807, 2.05) is 0 Å². The first-order valence-corrected chi connectivity index (χ1v) is 7.97. The van der Waals surface area contributed by atoms with Crippen LogP contribution in [-0.2, 0) is 4.79 Å². The Morgan fingerprint density at radius 1 is 1.32 bits per heavy atom. The van der Waals surface area contributed by atoms with Crippen LogP contribution in [0.2, 0.25) is 0 Å². The van der Waals surface area contributed by atoms with Crippen LogP contribution in [0.25, 0.3) is 5.82 Å². The van der Waals surface area contributed by atoms with Crippen LogP contribution in [0.15, 0.2) is 23.1 Å². The van der Waals surface area contributed by atoms with E-state index in [9.17, 15) is 19.5 Å². The Balaban J connectivity index is 2.19. The van der Waals surface area contributed by atoms with Crippen LogP contribution >= 0.6 is 0 Å². The molecule has 3 N–H and O–H groups in total. The highest BCUT2D eigenvalue weighted by molar-refractivity contribution is 5.95. The Labute approximate surface area is 144 Å². The molecule has 0 radical (unpaired) electrons. The molecule has 2 rings (SSSR count). The minimum Gasteiger partial charge on any atom is -0.481 e. The Hall–Kier alpha value is -2.97. The zero-order chi connectivity index (χ0) is 18.6. The van der Waals surface area contributed by atoms with Gasteiger partial charge in [0.25, 0.3) is 11.5 Å². The minimum atomic E-state index is -0.986. The van der Waals surface area contributed by atoms with Crippen molar-refractivity contribution in [3.8, 4) is 5.82 Å². The summed E-state index contributed by atoms with van der Waals surface area (Å²) in [5.41, 5.74) is -0.471. The average molecular weight is 347 g/mol. The summed E-state index contributed by atoms with van der Waals surface area (Å²) in [6, 6.07) is 2.80. The lowest BCUT2D eigenvalue weighted by molar-refractivity contribution is -0.149. The topological polar surface area (TPSA) is 130 Å². The van der Waals surface area contributed by atoms with Gasteiger partial charge in [0.15, 0.2) is 5.82 Å². The molecule has 0 unspecified atom stereocenters. The summed E-state index contributed by atoms with van der Waals surface area (Å²) >= 11 is 0. The van der Waals surface area contributed by atoms with Crippen molar-refractivity contribution in [2.24, 2.45) is 5.41 Å². The number of aliphatic carboxylic acids is 1. The predicted octanol–water partition coefficient (Wildman–Crippen LogP) is 0.885. The first kappa shape index (κ1) is 18.4. The molecule has 9 nitrogen and oxygen atoms in total. The third-order valence-electron chi connectivity index (χ3n) is 4.53. The predicted molar refractivity (Wildman–Crippen MR) is 89.7 cm³/mol. The maximum atomic E-state index is 12.4. The quantitative estimate of drug-likeness (QED) is 0.682. The zero-order valence-electron chi connectivity index (χ0n) is 14.4. The smallest absolute Gasteiger partial charge is 0.311 e. The second-order valence-electron chi connectivity index (χ2n) is 5.81. The Morgan fingerprint density at radius 2 is 2.00 bits per heavy atom. The molecule has 0 saturated heterocycles. The molecule has 0 atom stereocenters. The van der Waals surface area contributed by atoms with E-state index in [4.69, 9.17) is 0 Å². The van der Waals surface area contributed by atoms with Crippen LogP contribution < -0.4 is 10.9 Å². The molecule has 0 bridgehead atoms. The van der Waals surface area contributed by atoms with Gasteiger partial charge in [0.05, 0.1) is 22.9 Å². The molecule has 0 aliphatic rings. The van der Waals surface area contributed by atoms with Gasteiger partial charge in [0.1, 0.15) is 0 Å². The van der Waals surface area contributed by atoms with E-state index in [1.54, 1.807) is 20.8 Å². The van der Waals surface area contributed by atoms with Crippen LogP contribution in [0.3, 0.4) is 0 Å². The molecule has 9 heteroatoms. The standard InChI is InChI=1S/C16H21N5O4/c1-4-16(5-2,15(24)25)9-17-14(23)11-8-18-21(10(11)3)12-6-7-13(22)20-19-12/h6-8H,4-5,9H2,1-3H3,(H,17,23)(H,20,22)(H,24,25). The van der Waals surface area contributed by atoms with Gasteiger partial charge in [0, 0.05) is 12.6 Å². The number of amides is 1. The minimum absolute atomic E-state index is 0.0374. The summed E-state index contributed by atoms with van der Waals surface area (Å²) in [6.07, 6.45) is 2.22. The van der Waals surface area contributed by atoms with E-state index in [0.717, 1.165) is 0 Å². The van der Waals surface area contributed by atoms with Crippen molar-refractivity contribution in [2.45, 2.75) is 33.6 Å². The Morgan fingerprint density at radius 3 is 2.52 bits per heavy atom. The molecule has 0 aliphatic carbocycles. The highest BCUT2D eigenvalue weighted by Gasteiger charge is 2.35. The number of carbonyl (C=O) groups excluding carboxylic acids is 1. The molecule has 1 amide bonds. The Kier molecular flexibility index (Phi) is 5.35. The van der Waals surface area contributed by atoms with Crippen LogP contribution in [0.4, 0.5) is 0 Å².